The first-order chi connectivity index (χ1) is 8.58. The SMILES string of the molecule is NC(=S)c1ccc(NC(=O)c2ccn[nH]2)c(Cl)c1. The first-order valence-electron chi connectivity index (χ1n) is 4.98. The summed E-state index contributed by atoms with van der Waals surface area (Å²) in [7, 11) is 0. The lowest BCUT2D eigenvalue weighted by atomic mass is 10.2. The van der Waals surface area contributed by atoms with Crippen molar-refractivity contribution in [3.05, 3.63) is 46.7 Å². The summed E-state index contributed by atoms with van der Waals surface area (Å²) < 4.78 is 0. The van der Waals surface area contributed by atoms with Gasteiger partial charge in [-0.25, -0.2) is 0 Å². The predicted octanol–water partition coefficient (Wildman–Crippen LogP) is 1.95. The van der Waals surface area contributed by atoms with Crippen LogP contribution in [0, 0.1) is 0 Å². The number of H-pyrrole nitrogens is 1. The third-order valence-corrected chi connectivity index (χ3v) is 2.80. The number of carbonyl (C=O) groups excluding carboxylic acids is 1. The second-order valence-electron chi connectivity index (χ2n) is 3.48. The van der Waals surface area contributed by atoms with E-state index < -0.39 is 0 Å². The fraction of sp³-hybridized carbons (Fsp3) is 0. The molecule has 7 heteroatoms. The quantitative estimate of drug-likeness (QED) is 0.751. The molecule has 0 saturated carbocycles. The van der Waals surface area contributed by atoms with E-state index in [1.54, 1.807) is 24.3 Å². The van der Waals surface area contributed by atoms with Crippen LogP contribution in [-0.2, 0) is 0 Å². The number of hydrogen-bond acceptors (Lipinski definition) is 3. The number of amides is 1. The summed E-state index contributed by atoms with van der Waals surface area (Å²) in [5, 5.41) is 9.27. The Labute approximate surface area is 113 Å². The van der Waals surface area contributed by atoms with E-state index in [1.807, 2.05) is 0 Å². The van der Waals surface area contributed by atoms with Gasteiger partial charge in [0.1, 0.15) is 10.7 Å². The number of aromatic nitrogens is 2. The van der Waals surface area contributed by atoms with Gasteiger partial charge in [-0.1, -0.05) is 23.8 Å². The molecule has 1 aromatic carbocycles. The molecule has 5 nitrogen and oxygen atoms in total. The third kappa shape index (κ3) is 2.66. The normalized spacial score (nSPS) is 10.1. The zero-order chi connectivity index (χ0) is 13.1. The highest BCUT2D eigenvalue weighted by Crippen LogP contribution is 2.23. The van der Waals surface area contributed by atoms with Crippen LogP contribution < -0.4 is 11.1 Å². The van der Waals surface area contributed by atoms with Crippen LogP contribution in [0.5, 0.6) is 0 Å². The van der Waals surface area contributed by atoms with E-state index in [2.05, 4.69) is 15.5 Å². The number of carbonyl (C=O) groups is 1. The number of rotatable bonds is 3. The number of hydrogen-bond donors (Lipinski definition) is 3. The zero-order valence-electron chi connectivity index (χ0n) is 9.11. The smallest absolute Gasteiger partial charge is 0.273 e. The van der Waals surface area contributed by atoms with Crippen molar-refractivity contribution in [2.75, 3.05) is 5.32 Å². The molecule has 0 saturated heterocycles. The lowest BCUT2D eigenvalue weighted by Gasteiger charge is -2.07. The van der Waals surface area contributed by atoms with Gasteiger partial charge in [-0.3, -0.25) is 9.89 Å². The maximum Gasteiger partial charge on any atom is 0.273 e. The maximum atomic E-state index is 11.8. The summed E-state index contributed by atoms with van der Waals surface area (Å²) in [6.45, 7) is 0. The largest absolute Gasteiger partial charge is 0.389 e. The Kier molecular flexibility index (Phi) is 3.59. The Bertz CT molecular complexity index is 597. The van der Waals surface area contributed by atoms with E-state index >= 15 is 0 Å². The minimum absolute atomic E-state index is 0.253. The van der Waals surface area contributed by atoms with Crippen LogP contribution in [0.1, 0.15) is 16.1 Å². The van der Waals surface area contributed by atoms with Gasteiger partial charge in [0, 0.05) is 11.8 Å². The average molecular weight is 281 g/mol. The van der Waals surface area contributed by atoms with Gasteiger partial charge in [-0.15, -0.1) is 0 Å². The molecule has 1 aromatic heterocycles. The van der Waals surface area contributed by atoms with Crippen LogP contribution in [0.3, 0.4) is 0 Å². The molecule has 0 atom stereocenters. The van der Waals surface area contributed by atoms with Crippen LogP contribution in [0.2, 0.25) is 5.02 Å². The fourth-order valence-electron chi connectivity index (χ4n) is 1.34. The molecule has 18 heavy (non-hydrogen) atoms. The average Bonchev–Trinajstić information content (AvgIpc) is 2.85. The minimum Gasteiger partial charge on any atom is -0.389 e. The second kappa shape index (κ2) is 5.16. The molecule has 0 aliphatic heterocycles. The number of nitrogens with one attached hydrogen (secondary N) is 2. The number of thiocarbonyl (C=S) groups is 1. The van der Waals surface area contributed by atoms with Crippen molar-refractivity contribution < 1.29 is 4.79 Å². The van der Waals surface area contributed by atoms with Gasteiger partial charge in [0.15, 0.2) is 0 Å². The summed E-state index contributed by atoms with van der Waals surface area (Å²) >= 11 is 10.9. The fourth-order valence-corrected chi connectivity index (χ4v) is 1.70. The highest BCUT2D eigenvalue weighted by molar-refractivity contribution is 7.80. The lowest BCUT2D eigenvalue weighted by Crippen LogP contribution is -2.14. The number of anilines is 1. The summed E-state index contributed by atoms with van der Waals surface area (Å²) in [6.07, 6.45) is 1.49. The van der Waals surface area contributed by atoms with Gasteiger partial charge in [-0.2, -0.15) is 5.10 Å². The minimum atomic E-state index is -0.322. The van der Waals surface area contributed by atoms with Crippen LogP contribution in [0.4, 0.5) is 5.69 Å². The molecule has 92 valence electrons. The monoisotopic (exact) mass is 280 g/mol. The summed E-state index contributed by atoms with van der Waals surface area (Å²) in [5.74, 6) is -0.322. The molecular weight excluding hydrogens is 272 g/mol. The number of nitrogens with zero attached hydrogens (tertiary/aromatic N) is 1. The van der Waals surface area contributed by atoms with Crippen molar-refractivity contribution in [1.29, 1.82) is 0 Å². The van der Waals surface area contributed by atoms with E-state index in [9.17, 15) is 4.79 Å². The van der Waals surface area contributed by atoms with Crippen molar-refractivity contribution in [3.8, 4) is 0 Å². The highest BCUT2D eigenvalue weighted by Gasteiger charge is 2.10. The number of aromatic amines is 1. The number of nitrogens with two attached hydrogens (primary N) is 1. The van der Waals surface area contributed by atoms with Gasteiger partial charge in [0.2, 0.25) is 0 Å². The van der Waals surface area contributed by atoms with E-state index in [0.717, 1.165) is 0 Å². The van der Waals surface area contributed by atoms with Crippen molar-refractivity contribution in [2.24, 2.45) is 5.73 Å². The van der Waals surface area contributed by atoms with Crippen LogP contribution in [0.15, 0.2) is 30.5 Å². The molecular formula is C11H9ClN4OS. The van der Waals surface area contributed by atoms with Gasteiger partial charge < -0.3 is 11.1 Å². The van der Waals surface area contributed by atoms with Gasteiger partial charge in [0.05, 0.1) is 10.7 Å². The molecule has 0 bridgehead atoms. The van der Waals surface area contributed by atoms with Crippen molar-refractivity contribution in [1.82, 2.24) is 10.2 Å². The Hall–Kier alpha value is -1.92. The molecule has 2 rings (SSSR count). The molecule has 0 aliphatic rings. The van der Waals surface area contributed by atoms with Crippen LogP contribution in [0.25, 0.3) is 0 Å². The molecule has 1 heterocycles. The molecule has 0 fully saturated rings. The molecule has 0 unspecified atom stereocenters. The maximum absolute atomic E-state index is 11.8. The summed E-state index contributed by atoms with van der Waals surface area (Å²) in [4.78, 5) is 12.0. The van der Waals surface area contributed by atoms with Gasteiger partial charge in [-0.05, 0) is 24.3 Å². The van der Waals surface area contributed by atoms with Crippen molar-refractivity contribution in [2.45, 2.75) is 0 Å². The van der Waals surface area contributed by atoms with Crippen molar-refractivity contribution >= 4 is 40.4 Å². The summed E-state index contributed by atoms with van der Waals surface area (Å²) in [6, 6.07) is 6.50. The lowest BCUT2D eigenvalue weighted by molar-refractivity contribution is 0.102. The third-order valence-electron chi connectivity index (χ3n) is 2.25. The Morgan fingerprint density at radius 2 is 2.22 bits per heavy atom. The number of halogens is 1. The predicted molar refractivity (Wildman–Crippen MR) is 73.9 cm³/mol. The highest BCUT2D eigenvalue weighted by atomic mass is 35.5. The first kappa shape index (κ1) is 12.5. The van der Waals surface area contributed by atoms with Gasteiger partial charge in [0.25, 0.3) is 5.91 Å². The summed E-state index contributed by atoms with van der Waals surface area (Å²) in [5.41, 5.74) is 6.97. The van der Waals surface area contributed by atoms with Crippen LogP contribution in [-0.4, -0.2) is 21.1 Å². The topological polar surface area (TPSA) is 83.8 Å². The van der Waals surface area contributed by atoms with E-state index in [1.165, 1.54) is 6.20 Å². The van der Waals surface area contributed by atoms with Gasteiger partial charge >= 0.3 is 0 Å². The Balaban J connectivity index is 2.20. The molecule has 0 spiro atoms. The van der Waals surface area contributed by atoms with E-state index in [-0.39, 0.29) is 10.9 Å². The first-order valence-corrected chi connectivity index (χ1v) is 5.76. The molecule has 2 aromatic rings. The van der Waals surface area contributed by atoms with E-state index in [4.69, 9.17) is 29.6 Å². The van der Waals surface area contributed by atoms with Crippen molar-refractivity contribution in [3.63, 3.8) is 0 Å². The zero-order valence-corrected chi connectivity index (χ0v) is 10.7. The second-order valence-corrected chi connectivity index (χ2v) is 4.33. The van der Waals surface area contributed by atoms with Crippen LogP contribution >= 0.6 is 23.8 Å². The molecule has 0 radical (unpaired) electrons. The molecule has 1 amide bonds. The Morgan fingerprint density at radius 3 is 2.78 bits per heavy atom. The molecule has 4 N–H and O–H groups in total. The molecule has 0 aliphatic carbocycles. The van der Waals surface area contributed by atoms with E-state index in [0.29, 0.717) is 22.0 Å². The number of benzene rings is 1. The standard InChI is InChI=1S/C11H9ClN4OS/c12-7-5-6(10(13)18)1-2-8(7)15-11(17)9-3-4-14-16-9/h1-5H,(H2,13,18)(H,14,16)(H,15,17). The Morgan fingerprint density at radius 1 is 1.44 bits per heavy atom.